The van der Waals surface area contributed by atoms with Crippen LogP contribution in [0.25, 0.3) is 5.69 Å². The lowest BCUT2D eigenvalue weighted by molar-refractivity contribution is -0.117. The van der Waals surface area contributed by atoms with Crippen LogP contribution in [-0.2, 0) is 4.79 Å². The lowest BCUT2D eigenvalue weighted by Crippen LogP contribution is -2.37. The molecule has 1 aliphatic heterocycles. The van der Waals surface area contributed by atoms with Gasteiger partial charge in [0.05, 0.1) is 23.4 Å². The van der Waals surface area contributed by atoms with Crippen molar-refractivity contribution in [3.63, 3.8) is 0 Å². The van der Waals surface area contributed by atoms with E-state index in [0.717, 1.165) is 43.3 Å². The standard InChI is InChI=1S/C25H28N6OS/c1-19-11-13-22(14-12-19)31-24(29-16-6-7-17-29)27-28-25(31)33-20(2)23(32)30(18-8-15-26)21-9-4-3-5-10-21/h3-5,9-14,20H,6-8,16-18H2,1-2H3. The van der Waals surface area contributed by atoms with Crippen molar-refractivity contribution in [2.45, 2.75) is 43.5 Å². The third kappa shape index (κ3) is 5.20. The second kappa shape index (κ2) is 10.5. The van der Waals surface area contributed by atoms with Crippen LogP contribution in [0.3, 0.4) is 0 Å². The van der Waals surface area contributed by atoms with Crippen LogP contribution in [-0.4, -0.2) is 45.6 Å². The van der Waals surface area contributed by atoms with Crippen molar-refractivity contribution >= 4 is 29.3 Å². The average Bonchev–Trinajstić information content (AvgIpc) is 3.50. The van der Waals surface area contributed by atoms with Gasteiger partial charge in [0.1, 0.15) is 0 Å². The highest BCUT2D eigenvalue weighted by Crippen LogP contribution is 2.32. The molecule has 2 aromatic carbocycles. The molecule has 2 heterocycles. The Morgan fingerprint density at radius 3 is 2.48 bits per heavy atom. The molecule has 1 atom stereocenters. The van der Waals surface area contributed by atoms with Gasteiger partial charge in [-0.1, -0.05) is 47.7 Å². The number of nitriles is 1. The van der Waals surface area contributed by atoms with Crippen LogP contribution in [0.15, 0.2) is 59.8 Å². The van der Waals surface area contributed by atoms with Crippen molar-refractivity contribution in [3.05, 3.63) is 60.2 Å². The van der Waals surface area contributed by atoms with Gasteiger partial charge < -0.3 is 9.80 Å². The van der Waals surface area contributed by atoms with Gasteiger partial charge in [-0.15, -0.1) is 10.2 Å². The molecule has 0 bridgehead atoms. The summed E-state index contributed by atoms with van der Waals surface area (Å²) >= 11 is 1.40. The number of amides is 1. The number of carbonyl (C=O) groups excluding carboxylic acids is 1. The Labute approximate surface area is 199 Å². The molecule has 1 unspecified atom stereocenters. The first kappa shape index (κ1) is 22.9. The molecule has 0 saturated carbocycles. The molecular weight excluding hydrogens is 432 g/mol. The summed E-state index contributed by atoms with van der Waals surface area (Å²) in [5.74, 6) is 0.769. The van der Waals surface area contributed by atoms with Crippen LogP contribution >= 0.6 is 11.8 Å². The highest BCUT2D eigenvalue weighted by molar-refractivity contribution is 8.00. The molecule has 8 heteroatoms. The van der Waals surface area contributed by atoms with Crippen molar-refractivity contribution in [1.29, 1.82) is 5.26 Å². The Bertz CT molecular complexity index is 1120. The zero-order valence-electron chi connectivity index (χ0n) is 19.0. The van der Waals surface area contributed by atoms with E-state index in [1.165, 1.54) is 17.3 Å². The minimum absolute atomic E-state index is 0.0531. The van der Waals surface area contributed by atoms with Gasteiger partial charge in [-0.3, -0.25) is 9.36 Å². The fourth-order valence-corrected chi connectivity index (χ4v) is 4.87. The first-order valence-electron chi connectivity index (χ1n) is 11.3. The van der Waals surface area contributed by atoms with E-state index in [1.54, 1.807) is 4.90 Å². The molecule has 3 aromatic rings. The lowest BCUT2D eigenvalue weighted by Gasteiger charge is -2.25. The smallest absolute Gasteiger partial charge is 0.240 e. The van der Waals surface area contributed by atoms with Gasteiger partial charge in [-0.25, -0.2) is 0 Å². The summed E-state index contributed by atoms with van der Waals surface area (Å²) in [5, 5.41) is 18.4. The van der Waals surface area contributed by atoms with E-state index in [1.807, 2.05) is 37.3 Å². The zero-order valence-corrected chi connectivity index (χ0v) is 19.8. The maximum absolute atomic E-state index is 13.4. The molecule has 170 valence electrons. The number of thioether (sulfide) groups is 1. The van der Waals surface area contributed by atoms with E-state index in [-0.39, 0.29) is 12.3 Å². The van der Waals surface area contributed by atoms with E-state index >= 15 is 0 Å². The number of hydrogen-bond acceptors (Lipinski definition) is 6. The minimum atomic E-state index is -0.399. The molecule has 1 saturated heterocycles. The second-order valence-corrected chi connectivity index (χ2v) is 9.45. The zero-order chi connectivity index (χ0) is 23.2. The summed E-state index contributed by atoms with van der Waals surface area (Å²) in [6, 6.07) is 19.9. The number of para-hydroxylation sites is 1. The summed E-state index contributed by atoms with van der Waals surface area (Å²) in [6.45, 7) is 6.22. The molecule has 33 heavy (non-hydrogen) atoms. The monoisotopic (exact) mass is 460 g/mol. The molecule has 1 aromatic heterocycles. The largest absolute Gasteiger partial charge is 0.341 e. The van der Waals surface area contributed by atoms with Crippen LogP contribution in [0.4, 0.5) is 11.6 Å². The number of anilines is 2. The quantitative estimate of drug-likeness (QED) is 0.457. The summed E-state index contributed by atoms with van der Waals surface area (Å²) in [6.07, 6.45) is 2.56. The molecule has 1 fully saturated rings. The van der Waals surface area contributed by atoms with E-state index in [2.05, 4.69) is 56.9 Å². The molecule has 7 nitrogen and oxygen atoms in total. The molecule has 0 N–H and O–H groups in total. The average molecular weight is 461 g/mol. The van der Waals surface area contributed by atoms with Crippen molar-refractivity contribution < 1.29 is 4.79 Å². The third-order valence-electron chi connectivity index (χ3n) is 5.71. The van der Waals surface area contributed by atoms with Crippen molar-refractivity contribution in [3.8, 4) is 11.8 Å². The van der Waals surface area contributed by atoms with E-state index < -0.39 is 5.25 Å². The summed E-state index contributed by atoms with van der Waals surface area (Å²) in [4.78, 5) is 17.4. The molecule has 0 spiro atoms. The van der Waals surface area contributed by atoms with Gasteiger partial charge in [-0.2, -0.15) is 5.26 Å². The van der Waals surface area contributed by atoms with Gasteiger partial charge in [0.15, 0.2) is 5.16 Å². The number of carbonyl (C=O) groups is 1. The Hall–Kier alpha value is -3.31. The summed E-state index contributed by atoms with van der Waals surface area (Å²) < 4.78 is 2.06. The molecule has 1 aliphatic rings. The number of aromatic nitrogens is 3. The van der Waals surface area contributed by atoms with Crippen LogP contribution in [0.2, 0.25) is 0 Å². The Morgan fingerprint density at radius 2 is 1.82 bits per heavy atom. The molecule has 0 radical (unpaired) electrons. The van der Waals surface area contributed by atoms with E-state index in [9.17, 15) is 4.79 Å². The Balaban J connectivity index is 1.63. The summed E-state index contributed by atoms with van der Waals surface area (Å²) in [7, 11) is 0. The predicted molar refractivity (Wildman–Crippen MR) is 132 cm³/mol. The van der Waals surface area contributed by atoms with E-state index in [4.69, 9.17) is 5.26 Å². The molecule has 4 rings (SSSR count). The van der Waals surface area contributed by atoms with Crippen molar-refractivity contribution in [2.75, 3.05) is 29.4 Å². The topological polar surface area (TPSA) is 78.0 Å². The number of nitrogens with zero attached hydrogens (tertiary/aromatic N) is 6. The minimum Gasteiger partial charge on any atom is -0.341 e. The van der Waals surface area contributed by atoms with Gasteiger partial charge in [0.2, 0.25) is 11.9 Å². The number of rotatable bonds is 8. The van der Waals surface area contributed by atoms with Gasteiger partial charge in [-0.05, 0) is 51.0 Å². The molecular formula is C25H28N6OS. The maximum atomic E-state index is 13.4. The lowest BCUT2D eigenvalue weighted by atomic mass is 10.2. The van der Waals surface area contributed by atoms with Crippen molar-refractivity contribution in [2.24, 2.45) is 0 Å². The number of benzene rings is 2. The van der Waals surface area contributed by atoms with Crippen LogP contribution in [0, 0.1) is 18.3 Å². The second-order valence-electron chi connectivity index (χ2n) is 8.14. The predicted octanol–water partition coefficient (Wildman–Crippen LogP) is 4.60. The molecule has 0 aliphatic carbocycles. The number of hydrogen-bond donors (Lipinski definition) is 0. The third-order valence-corrected chi connectivity index (χ3v) is 6.74. The van der Waals surface area contributed by atoms with E-state index in [0.29, 0.717) is 11.7 Å². The fraction of sp³-hybridized carbons (Fsp3) is 0.360. The highest BCUT2D eigenvalue weighted by Gasteiger charge is 2.28. The van der Waals surface area contributed by atoms with Crippen molar-refractivity contribution in [1.82, 2.24) is 14.8 Å². The Morgan fingerprint density at radius 1 is 1.12 bits per heavy atom. The molecule has 1 amide bonds. The normalized spacial score (nSPS) is 14.2. The van der Waals surface area contributed by atoms with Gasteiger partial charge in [0.25, 0.3) is 0 Å². The van der Waals surface area contributed by atoms with Crippen LogP contribution in [0.5, 0.6) is 0 Å². The van der Waals surface area contributed by atoms with Crippen LogP contribution < -0.4 is 9.80 Å². The van der Waals surface area contributed by atoms with Crippen LogP contribution in [0.1, 0.15) is 31.7 Å². The van der Waals surface area contributed by atoms with Gasteiger partial charge in [0, 0.05) is 25.3 Å². The first-order chi connectivity index (χ1) is 16.1. The fourth-order valence-electron chi connectivity index (χ4n) is 3.94. The van der Waals surface area contributed by atoms with Gasteiger partial charge >= 0.3 is 0 Å². The summed E-state index contributed by atoms with van der Waals surface area (Å²) in [5.41, 5.74) is 2.96. The number of aryl methyl sites for hydroxylation is 1. The maximum Gasteiger partial charge on any atom is 0.240 e. The SMILES string of the molecule is Cc1ccc(-n2c(SC(C)C(=O)N(CCC#N)c3ccccc3)nnc2N2CCCC2)cc1. The first-order valence-corrected chi connectivity index (χ1v) is 12.1. The Kier molecular flexibility index (Phi) is 7.30. The highest BCUT2D eigenvalue weighted by atomic mass is 32.2.